The smallest absolute Gasteiger partial charge is 0.270 e. The van der Waals surface area contributed by atoms with Crippen molar-refractivity contribution >= 4 is 33.2 Å². The highest BCUT2D eigenvalue weighted by atomic mass is 35.5. The average molecular weight is 363 g/mol. The molecule has 5 nitrogen and oxygen atoms in total. The predicted molar refractivity (Wildman–Crippen MR) is 86.5 cm³/mol. The highest BCUT2D eigenvalue weighted by molar-refractivity contribution is 7.90. The molecule has 0 spiro atoms. The Morgan fingerprint density at radius 2 is 1.95 bits per heavy atom. The van der Waals surface area contributed by atoms with E-state index < -0.39 is 10.0 Å². The molecule has 1 aromatic heterocycles. The number of benzene rings is 1. The highest BCUT2D eigenvalue weighted by Gasteiger charge is 2.25. The Morgan fingerprint density at radius 3 is 2.55 bits per heavy atom. The summed E-state index contributed by atoms with van der Waals surface area (Å²) < 4.78 is 32.0. The maximum atomic E-state index is 12.8. The van der Waals surface area contributed by atoms with E-state index in [1.54, 1.807) is 6.92 Å². The zero-order valence-corrected chi connectivity index (χ0v) is 14.7. The maximum absolute atomic E-state index is 12.8. The van der Waals surface area contributed by atoms with Crippen molar-refractivity contribution in [2.75, 3.05) is 6.61 Å². The number of rotatable bonds is 5. The van der Waals surface area contributed by atoms with Crippen LogP contribution in [-0.4, -0.2) is 24.0 Å². The first-order valence-corrected chi connectivity index (χ1v) is 8.89. The van der Waals surface area contributed by atoms with E-state index in [1.165, 1.54) is 24.5 Å². The molecule has 0 amide bonds. The summed E-state index contributed by atoms with van der Waals surface area (Å²) in [5, 5.41) is 0.243. The second-order valence-corrected chi connectivity index (χ2v) is 7.48. The number of ether oxygens (including phenoxy) is 1. The van der Waals surface area contributed by atoms with Crippen LogP contribution in [0.25, 0.3) is 0 Å². The molecule has 0 radical (unpaired) electrons. The summed E-state index contributed by atoms with van der Waals surface area (Å²) >= 11 is 12.2. The first-order chi connectivity index (χ1) is 10.3. The molecule has 0 saturated heterocycles. The van der Waals surface area contributed by atoms with Crippen LogP contribution in [0.2, 0.25) is 10.0 Å². The Hall–Kier alpha value is -1.24. The zero-order chi connectivity index (χ0) is 16.5. The van der Waals surface area contributed by atoms with Crippen LogP contribution < -0.4 is 4.74 Å². The van der Waals surface area contributed by atoms with Gasteiger partial charge in [-0.2, -0.15) is 0 Å². The molecule has 0 aliphatic heterocycles. The quantitative estimate of drug-likeness (QED) is 0.807. The Balaban J connectivity index is 2.59. The van der Waals surface area contributed by atoms with Gasteiger partial charge in [-0.05, 0) is 13.0 Å². The summed E-state index contributed by atoms with van der Waals surface area (Å²) in [6, 6.07) is 2.71. The van der Waals surface area contributed by atoms with Crippen LogP contribution >= 0.6 is 23.2 Å². The lowest BCUT2D eigenvalue weighted by molar-refractivity contribution is 0.340. The summed E-state index contributed by atoms with van der Waals surface area (Å²) in [4.78, 5) is 4.01. The standard InChI is InChI=1S/C14H16Cl2N2O3S/c1-4-21-12-7-11(16)13(8-10(12)15)22(19,20)18-6-5-17-14(18)9(2)3/h5-9H,4H2,1-3H3. The molecule has 22 heavy (non-hydrogen) atoms. The van der Waals surface area contributed by atoms with E-state index in [0.717, 1.165) is 3.97 Å². The van der Waals surface area contributed by atoms with Crippen LogP contribution in [0, 0.1) is 0 Å². The minimum Gasteiger partial charge on any atom is -0.492 e. The van der Waals surface area contributed by atoms with Crippen LogP contribution in [0.4, 0.5) is 0 Å². The van der Waals surface area contributed by atoms with E-state index in [-0.39, 0.29) is 20.9 Å². The number of halogens is 2. The van der Waals surface area contributed by atoms with Gasteiger partial charge in [0, 0.05) is 24.4 Å². The fourth-order valence-corrected chi connectivity index (χ4v) is 4.22. The van der Waals surface area contributed by atoms with Crippen molar-refractivity contribution in [2.24, 2.45) is 0 Å². The van der Waals surface area contributed by atoms with Gasteiger partial charge in [-0.15, -0.1) is 0 Å². The van der Waals surface area contributed by atoms with E-state index in [1.807, 2.05) is 13.8 Å². The lowest BCUT2D eigenvalue weighted by Crippen LogP contribution is -2.16. The molecular formula is C14H16Cl2N2O3S. The predicted octanol–water partition coefficient (Wildman–Crippen LogP) is 3.95. The summed E-state index contributed by atoms with van der Waals surface area (Å²) in [7, 11) is -3.87. The topological polar surface area (TPSA) is 61.2 Å². The summed E-state index contributed by atoms with van der Waals surface area (Å²) in [6.07, 6.45) is 2.84. The molecule has 2 rings (SSSR count). The van der Waals surface area contributed by atoms with Crippen molar-refractivity contribution in [3.05, 3.63) is 40.4 Å². The third kappa shape index (κ3) is 3.09. The van der Waals surface area contributed by atoms with Crippen molar-refractivity contribution in [1.82, 2.24) is 8.96 Å². The number of imidazole rings is 1. The monoisotopic (exact) mass is 362 g/mol. The Labute approximate surface area is 139 Å². The molecular weight excluding hydrogens is 347 g/mol. The molecule has 1 heterocycles. The minimum atomic E-state index is -3.87. The maximum Gasteiger partial charge on any atom is 0.270 e. The molecule has 0 bridgehead atoms. The van der Waals surface area contributed by atoms with Gasteiger partial charge in [-0.1, -0.05) is 37.0 Å². The van der Waals surface area contributed by atoms with E-state index in [4.69, 9.17) is 27.9 Å². The van der Waals surface area contributed by atoms with E-state index in [0.29, 0.717) is 18.2 Å². The van der Waals surface area contributed by atoms with Gasteiger partial charge in [0.25, 0.3) is 10.0 Å². The highest BCUT2D eigenvalue weighted by Crippen LogP contribution is 2.35. The third-order valence-corrected chi connectivity index (χ3v) is 5.41. The zero-order valence-electron chi connectivity index (χ0n) is 12.4. The average Bonchev–Trinajstić information content (AvgIpc) is 2.93. The molecule has 0 N–H and O–H groups in total. The molecule has 0 aliphatic rings. The number of hydrogen-bond acceptors (Lipinski definition) is 4. The normalized spacial score (nSPS) is 11.9. The number of aromatic nitrogens is 2. The van der Waals surface area contributed by atoms with Crippen molar-refractivity contribution in [3.63, 3.8) is 0 Å². The molecule has 0 fully saturated rings. The van der Waals surface area contributed by atoms with Gasteiger partial charge in [-0.3, -0.25) is 0 Å². The van der Waals surface area contributed by atoms with Gasteiger partial charge < -0.3 is 4.74 Å². The van der Waals surface area contributed by atoms with Gasteiger partial charge in [0.05, 0.1) is 16.7 Å². The van der Waals surface area contributed by atoms with Crippen molar-refractivity contribution in [3.8, 4) is 5.75 Å². The van der Waals surface area contributed by atoms with Gasteiger partial charge >= 0.3 is 0 Å². The number of hydrogen-bond donors (Lipinski definition) is 0. The van der Waals surface area contributed by atoms with Gasteiger partial charge in [0.15, 0.2) is 0 Å². The third-order valence-electron chi connectivity index (χ3n) is 2.97. The van der Waals surface area contributed by atoms with Gasteiger partial charge in [-0.25, -0.2) is 17.4 Å². The Morgan fingerprint density at radius 1 is 1.27 bits per heavy atom. The lowest BCUT2D eigenvalue weighted by atomic mass is 10.2. The first kappa shape index (κ1) is 17.1. The van der Waals surface area contributed by atoms with E-state index >= 15 is 0 Å². The van der Waals surface area contributed by atoms with Crippen LogP contribution in [0.1, 0.15) is 32.5 Å². The molecule has 0 atom stereocenters. The van der Waals surface area contributed by atoms with Crippen LogP contribution in [0.15, 0.2) is 29.4 Å². The molecule has 120 valence electrons. The van der Waals surface area contributed by atoms with Crippen LogP contribution in [0.3, 0.4) is 0 Å². The van der Waals surface area contributed by atoms with Crippen LogP contribution in [-0.2, 0) is 10.0 Å². The SMILES string of the molecule is CCOc1cc(Cl)c(S(=O)(=O)n2ccnc2C(C)C)cc1Cl. The van der Waals surface area contributed by atoms with Crippen molar-refractivity contribution in [2.45, 2.75) is 31.6 Å². The fourth-order valence-electron chi connectivity index (χ4n) is 1.99. The van der Waals surface area contributed by atoms with Crippen molar-refractivity contribution < 1.29 is 13.2 Å². The van der Waals surface area contributed by atoms with E-state index in [2.05, 4.69) is 4.98 Å². The van der Waals surface area contributed by atoms with Gasteiger partial charge in [0.2, 0.25) is 0 Å². The second-order valence-electron chi connectivity index (χ2n) is 4.89. The molecule has 2 aromatic rings. The Bertz CT molecular complexity index is 785. The molecule has 8 heteroatoms. The van der Waals surface area contributed by atoms with Crippen molar-refractivity contribution in [1.29, 1.82) is 0 Å². The minimum absolute atomic E-state index is 0.0521. The van der Waals surface area contributed by atoms with E-state index in [9.17, 15) is 8.42 Å². The molecule has 0 unspecified atom stereocenters. The molecule has 1 aromatic carbocycles. The largest absolute Gasteiger partial charge is 0.492 e. The lowest BCUT2D eigenvalue weighted by Gasteiger charge is -2.14. The molecule has 0 aliphatic carbocycles. The summed E-state index contributed by atoms with van der Waals surface area (Å²) in [5.41, 5.74) is 0. The molecule has 0 saturated carbocycles. The second kappa shape index (κ2) is 6.48. The number of nitrogens with zero attached hydrogens (tertiary/aromatic N) is 2. The fraction of sp³-hybridized carbons (Fsp3) is 0.357. The van der Waals surface area contributed by atoms with Gasteiger partial charge in [0.1, 0.15) is 16.5 Å². The van der Waals surface area contributed by atoms with Crippen LogP contribution in [0.5, 0.6) is 5.75 Å². The summed E-state index contributed by atoms with van der Waals surface area (Å²) in [5.74, 6) is 0.727. The first-order valence-electron chi connectivity index (χ1n) is 6.69. The Kier molecular flexibility index (Phi) is 5.04. The summed E-state index contributed by atoms with van der Waals surface area (Å²) in [6.45, 7) is 5.93.